The molecule has 3 nitrogen and oxygen atoms in total. The number of rotatable bonds is 5. The number of para-hydroxylation sites is 2. The van der Waals surface area contributed by atoms with Gasteiger partial charge in [-0.15, -0.1) is 0 Å². The Kier molecular flexibility index (Phi) is 4.86. The lowest BCUT2D eigenvalue weighted by atomic mass is 10.2. The van der Waals surface area contributed by atoms with E-state index >= 15 is 0 Å². The normalized spacial score (nSPS) is 14.8. The fourth-order valence-corrected chi connectivity index (χ4v) is 2.24. The highest BCUT2D eigenvalue weighted by Crippen LogP contribution is 2.30. The Hall–Kier alpha value is -1.48. The standard InChI is InChI=1S/C16H24N2O/c1-13(2)17-11-14(3)12-18-9-6-10-19-16-8-5-4-7-15(16)18/h4-5,7-8,13,17H,3,6,9-12H2,1-2H3. The highest BCUT2D eigenvalue weighted by molar-refractivity contribution is 5.59. The minimum atomic E-state index is 0.497. The Bertz CT molecular complexity index is 429. The molecule has 1 aromatic carbocycles. The summed E-state index contributed by atoms with van der Waals surface area (Å²) in [6.45, 7) is 12.1. The lowest BCUT2D eigenvalue weighted by Crippen LogP contribution is -2.31. The predicted molar refractivity (Wildman–Crippen MR) is 81.0 cm³/mol. The molecule has 0 saturated carbocycles. The molecule has 0 aliphatic carbocycles. The van der Waals surface area contributed by atoms with Crippen LogP contribution in [-0.2, 0) is 0 Å². The Morgan fingerprint density at radius 3 is 3.00 bits per heavy atom. The average Bonchev–Trinajstić information content (AvgIpc) is 2.59. The quantitative estimate of drug-likeness (QED) is 0.824. The van der Waals surface area contributed by atoms with Gasteiger partial charge < -0.3 is 15.0 Å². The summed E-state index contributed by atoms with van der Waals surface area (Å²) in [5, 5.41) is 3.42. The SMILES string of the molecule is C=C(CNC(C)C)CN1CCCOc2ccccc21. The summed E-state index contributed by atoms with van der Waals surface area (Å²) in [4.78, 5) is 2.37. The van der Waals surface area contributed by atoms with Crippen LogP contribution in [0.4, 0.5) is 5.69 Å². The van der Waals surface area contributed by atoms with Crippen molar-refractivity contribution in [1.29, 1.82) is 0 Å². The van der Waals surface area contributed by atoms with E-state index in [0.29, 0.717) is 6.04 Å². The zero-order chi connectivity index (χ0) is 13.7. The maximum atomic E-state index is 5.77. The van der Waals surface area contributed by atoms with E-state index in [1.165, 1.54) is 11.3 Å². The van der Waals surface area contributed by atoms with Gasteiger partial charge >= 0.3 is 0 Å². The molecule has 3 heteroatoms. The van der Waals surface area contributed by atoms with Crippen molar-refractivity contribution in [3.63, 3.8) is 0 Å². The van der Waals surface area contributed by atoms with E-state index < -0.39 is 0 Å². The molecule has 1 aliphatic heterocycles. The van der Waals surface area contributed by atoms with Gasteiger partial charge in [-0.2, -0.15) is 0 Å². The lowest BCUT2D eigenvalue weighted by Gasteiger charge is -2.25. The van der Waals surface area contributed by atoms with Crippen LogP contribution in [0.5, 0.6) is 5.75 Å². The molecule has 104 valence electrons. The van der Waals surface area contributed by atoms with Crippen LogP contribution in [0.2, 0.25) is 0 Å². The van der Waals surface area contributed by atoms with Crippen LogP contribution in [0, 0.1) is 0 Å². The van der Waals surface area contributed by atoms with Crippen molar-refractivity contribution in [2.24, 2.45) is 0 Å². The fourth-order valence-electron chi connectivity index (χ4n) is 2.24. The first-order valence-corrected chi connectivity index (χ1v) is 7.03. The molecule has 0 saturated heterocycles. The van der Waals surface area contributed by atoms with Gasteiger partial charge in [0.1, 0.15) is 5.75 Å². The maximum absolute atomic E-state index is 5.77. The molecule has 0 amide bonds. The highest BCUT2D eigenvalue weighted by Gasteiger charge is 2.16. The van der Waals surface area contributed by atoms with Gasteiger partial charge in [0.15, 0.2) is 0 Å². The number of benzene rings is 1. The predicted octanol–water partition coefficient (Wildman–Crippen LogP) is 2.83. The number of nitrogens with zero attached hydrogens (tertiary/aromatic N) is 1. The smallest absolute Gasteiger partial charge is 0.142 e. The van der Waals surface area contributed by atoms with E-state index in [2.05, 4.69) is 42.8 Å². The molecule has 2 rings (SSSR count). The minimum absolute atomic E-state index is 0.497. The average molecular weight is 260 g/mol. The van der Waals surface area contributed by atoms with Crippen LogP contribution in [0.25, 0.3) is 0 Å². The first kappa shape index (κ1) is 13.9. The second kappa shape index (κ2) is 6.62. The number of hydrogen-bond acceptors (Lipinski definition) is 3. The molecule has 0 unspecified atom stereocenters. The maximum Gasteiger partial charge on any atom is 0.142 e. The summed E-state index contributed by atoms with van der Waals surface area (Å²) >= 11 is 0. The first-order chi connectivity index (χ1) is 9.16. The molecule has 1 N–H and O–H groups in total. The van der Waals surface area contributed by atoms with Crippen LogP contribution in [0.15, 0.2) is 36.4 Å². The zero-order valence-corrected chi connectivity index (χ0v) is 12.0. The van der Waals surface area contributed by atoms with Crippen molar-refractivity contribution in [3.05, 3.63) is 36.4 Å². The lowest BCUT2D eigenvalue weighted by molar-refractivity contribution is 0.322. The largest absolute Gasteiger partial charge is 0.491 e. The Balaban J connectivity index is 2.01. The molecular weight excluding hydrogens is 236 g/mol. The van der Waals surface area contributed by atoms with Gasteiger partial charge in [0, 0.05) is 25.7 Å². The highest BCUT2D eigenvalue weighted by atomic mass is 16.5. The summed E-state index contributed by atoms with van der Waals surface area (Å²) in [7, 11) is 0. The molecular formula is C16H24N2O. The van der Waals surface area contributed by atoms with Crippen molar-refractivity contribution in [1.82, 2.24) is 5.32 Å². The van der Waals surface area contributed by atoms with Crippen molar-refractivity contribution in [2.75, 3.05) is 31.1 Å². The molecule has 1 aliphatic rings. The molecule has 0 bridgehead atoms. The molecule has 0 spiro atoms. The molecule has 19 heavy (non-hydrogen) atoms. The monoisotopic (exact) mass is 260 g/mol. The van der Waals surface area contributed by atoms with Gasteiger partial charge in [-0.05, 0) is 24.1 Å². The Morgan fingerprint density at radius 2 is 2.21 bits per heavy atom. The number of nitrogens with one attached hydrogen (secondary N) is 1. The topological polar surface area (TPSA) is 24.5 Å². The first-order valence-electron chi connectivity index (χ1n) is 7.03. The van der Waals surface area contributed by atoms with Gasteiger partial charge in [-0.1, -0.05) is 32.6 Å². The van der Waals surface area contributed by atoms with E-state index in [1.807, 2.05) is 12.1 Å². The van der Waals surface area contributed by atoms with Crippen molar-refractivity contribution in [2.45, 2.75) is 26.3 Å². The van der Waals surface area contributed by atoms with Gasteiger partial charge in [-0.25, -0.2) is 0 Å². The van der Waals surface area contributed by atoms with Gasteiger partial charge in [0.2, 0.25) is 0 Å². The third-order valence-electron chi connectivity index (χ3n) is 3.21. The molecule has 1 aromatic rings. The van der Waals surface area contributed by atoms with Crippen LogP contribution in [-0.4, -0.2) is 32.3 Å². The molecule has 0 atom stereocenters. The summed E-state index contributed by atoms with van der Waals surface area (Å²) < 4.78 is 5.77. The van der Waals surface area contributed by atoms with Crippen LogP contribution in [0.3, 0.4) is 0 Å². The van der Waals surface area contributed by atoms with Crippen molar-refractivity contribution < 1.29 is 4.74 Å². The number of ether oxygens (including phenoxy) is 1. The van der Waals surface area contributed by atoms with E-state index in [1.54, 1.807) is 0 Å². The summed E-state index contributed by atoms with van der Waals surface area (Å²) in [5.74, 6) is 0.990. The van der Waals surface area contributed by atoms with E-state index in [-0.39, 0.29) is 0 Å². The van der Waals surface area contributed by atoms with Crippen LogP contribution < -0.4 is 15.0 Å². The summed E-state index contributed by atoms with van der Waals surface area (Å²) in [5.41, 5.74) is 2.40. The zero-order valence-electron chi connectivity index (χ0n) is 12.0. The van der Waals surface area contributed by atoms with E-state index in [9.17, 15) is 0 Å². The van der Waals surface area contributed by atoms with Crippen LogP contribution >= 0.6 is 0 Å². The van der Waals surface area contributed by atoms with E-state index in [0.717, 1.165) is 38.4 Å². The van der Waals surface area contributed by atoms with Crippen LogP contribution in [0.1, 0.15) is 20.3 Å². The summed E-state index contributed by atoms with van der Waals surface area (Å²) in [6, 6.07) is 8.76. The van der Waals surface area contributed by atoms with Gasteiger partial charge in [0.25, 0.3) is 0 Å². The second-order valence-corrected chi connectivity index (χ2v) is 5.38. The Labute approximate surface area is 116 Å². The van der Waals surface area contributed by atoms with Crippen molar-refractivity contribution in [3.8, 4) is 5.75 Å². The number of fused-ring (bicyclic) bond motifs is 1. The minimum Gasteiger partial charge on any atom is -0.491 e. The second-order valence-electron chi connectivity index (χ2n) is 5.38. The van der Waals surface area contributed by atoms with E-state index in [4.69, 9.17) is 4.74 Å². The third-order valence-corrected chi connectivity index (χ3v) is 3.21. The third kappa shape index (κ3) is 4.00. The van der Waals surface area contributed by atoms with Crippen molar-refractivity contribution >= 4 is 5.69 Å². The van der Waals surface area contributed by atoms with Gasteiger partial charge in [0.05, 0.1) is 12.3 Å². The Morgan fingerprint density at radius 1 is 1.42 bits per heavy atom. The summed E-state index contributed by atoms with van der Waals surface area (Å²) in [6.07, 6.45) is 1.06. The molecule has 0 radical (unpaired) electrons. The molecule has 0 fully saturated rings. The molecule has 1 heterocycles. The fraction of sp³-hybridized carbons (Fsp3) is 0.500. The number of anilines is 1. The number of hydrogen-bond donors (Lipinski definition) is 1. The van der Waals surface area contributed by atoms with Gasteiger partial charge in [-0.3, -0.25) is 0 Å². The molecule has 0 aromatic heterocycles.